The molecule has 2 heterocycles. The summed E-state index contributed by atoms with van der Waals surface area (Å²) < 4.78 is 0. The standard InChI is InChI=1S/C26H33N7O7S/c1-41-7-6-19(31-23(36)17(27)9-15-12-28-13-30-15)24(37)32-20(25(38)33-21(26(39)40)10-22(34)35)8-14-11-29-18-5-3-2-4-16(14)18/h2-5,11-13,17,19-21,29H,6-10,27H2,1H3,(H,28,30)(H,31,36)(H,32,37)(H,33,38)(H,34,35)(H,39,40). The Morgan fingerprint density at radius 2 is 1.63 bits per heavy atom. The second kappa shape index (κ2) is 14.9. The van der Waals surface area contributed by atoms with Crippen molar-refractivity contribution in [2.24, 2.45) is 5.73 Å². The quantitative estimate of drug-likeness (QED) is 0.110. The molecule has 41 heavy (non-hydrogen) atoms. The van der Waals surface area contributed by atoms with Crippen molar-refractivity contribution in [3.8, 4) is 0 Å². The molecule has 0 saturated heterocycles. The van der Waals surface area contributed by atoms with E-state index in [0.29, 0.717) is 17.0 Å². The van der Waals surface area contributed by atoms with E-state index in [2.05, 4.69) is 30.9 Å². The predicted molar refractivity (Wildman–Crippen MR) is 151 cm³/mol. The zero-order valence-electron chi connectivity index (χ0n) is 22.3. The fourth-order valence-corrected chi connectivity index (χ4v) is 4.63. The summed E-state index contributed by atoms with van der Waals surface area (Å²) in [6, 6.07) is 2.27. The van der Waals surface area contributed by atoms with Crippen molar-refractivity contribution in [1.29, 1.82) is 0 Å². The first-order valence-electron chi connectivity index (χ1n) is 12.7. The van der Waals surface area contributed by atoms with E-state index in [9.17, 15) is 29.1 Å². The molecule has 3 aromatic rings. The third-order valence-corrected chi connectivity index (χ3v) is 6.94. The van der Waals surface area contributed by atoms with Crippen molar-refractivity contribution in [1.82, 2.24) is 30.9 Å². The Bertz CT molecular complexity index is 1360. The van der Waals surface area contributed by atoms with Gasteiger partial charge in [0.25, 0.3) is 0 Å². The minimum Gasteiger partial charge on any atom is -0.481 e. The first kappa shape index (κ1) is 31.2. The molecule has 4 atom stereocenters. The number of H-pyrrole nitrogens is 2. The summed E-state index contributed by atoms with van der Waals surface area (Å²) in [7, 11) is 0. The highest BCUT2D eigenvalue weighted by Gasteiger charge is 2.31. The number of imidazole rings is 1. The van der Waals surface area contributed by atoms with Crippen LogP contribution in [-0.2, 0) is 36.8 Å². The van der Waals surface area contributed by atoms with Crippen LogP contribution in [0, 0.1) is 0 Å². The molecule has 15 heteroatoms. The summed E-state index contributed by atoms with van der Waals surface area (Å²) in [5, 5.41) is 26.8. The van der Waals surface area contributed by atoms with Gasteiger partial charge in [-0.3, -0.25) is 19.2 Å². The highest BCUT2D eigenvalue weighted by atomic mass is 32.2. The fourth-order valence-electron chi connectivity index (χ4n) is 4.16. The lowest BCUT2D eigenvalue weighted by molar-refractivity contribution is -0.147. The van der Waals surface area contributed by atoms with Crippen LogP contribution in [0.2, 0.25) is 0 Å². The van der Waals surface area contributed by atoms with Gasteiger partial charge in [0.15, 0.2) is 0 Å². The molecule has 4 unspecified atom stereocenters. The molecule has 0 saturated carbocycles. The number of nitrogens with one attached hydrogen (secondary N) is 5. The molecule has 0 bridgehead atoms. The number of hydrogen-bond donors (Lipinski definition) is 8. The van der Waals surface area contributed by atoms with Gasteiger partial charge >= 0.3 is 11.9 Å². The number of aromatic amines is 2. The van der Waals surface area contributed by atoms with Gasteiger partial charge in [0.2, 0.25) is 17.7 Å². The summed E-state index contributed by atoms with van der Waals surface area (Å²) in [5.74, 6) is -4.58. The molecule has 9 N–H and O–H groups in total. The third kappa shape index (κ3) is 9.08. The second-order valence-electron chi connectivity index (χ2n) is 9.35. The average molecular weight is 588 g/mol. The Morgan fingerprint density at radius 1 is 0.951 bits per heavy atom. The van der Waals surface area contributed by atoms with E-state index in [1.165, 1.54) is 24.3 Å². The average Bonchev–Trinajstić information content (AvgIpc) is 3.59. The number of aromatic nitrogens is 3. The topological polar surface area (TPSA) is 232 Å². The summed E-state index contributed by atoms with van der Waals surface area (Å²) in [4.78, 5) is 72.1. The zero-order valence-corrected chi connectivity index (χ0v) is 23.1. The van der Waals surface area contributed by atoms with Crippen LogP contribution in [0.15, 0.2) is 43.0 Å². The maximum absolute atomic E-state index is 13.4. The van der Waals surface area contributed by atoms with Crippen LogP contribution in [0.25, 0.3) is 10.9 Å². The lowest BCUT2D eigenvalue weighted by Gasteiger charge is -2.25. The minimum atomic E-state index is -1.71. The number of nitrogens with zero attached hydrogens (tertiary/aromatic N) is 1. The largest absolute Gasteiger partial charge is 0.481 e. The van der Waals surface area contributed by atoms with E-state index in [4.69, 9.17) is 10.8 Å². The number of para-hydroxylation sites is 1. The molecule has 3 amide bonds. The Balaban J connectivity index is 1.81. The first-order valence-corrected chi connectivity index (χ1v) is 14.1. The molecular formula is C26H33N7O7S. The molecule has 0 fully saturated rings. The normalized spacial score (nSPS) is 14.0. The molecule has 220 valence electrons. The van der Waals surface area contributed by atoms with Gasteiger partial charge in [-0.05, 0) is 30.1 Å². The summed E-state index contributed by atoms with van der Waals surface area (Å²) in [6.07, 6.45) is 6.00. The number of thioether (sulfide) groups is 1. The molecule has 0 aliphatic rings. The molecular weight excluding hydrogens is 554 g/mol. The van der Waals surface area contributed by atoms with Crippen LogP contribution in [0.4, 0.5) is 0 Å². The summed E-state index contributed by atoms with van der Waals surface area (Å²) in [5.41, 5.74) is 8.13. The number of benzene rings is 1. The minimum absolute atomic E-state index is 0.0382. The number of carboxylic acid groups (broad SMARTS) is 2. The highest BCUT2D eigenvalue weighted by molar-refractivity contribution is 7.98. The van der Waals surface area contributed by atoms with E-state index in [0.717, 1.165) is 10.9 Å². The van der Waals surface area contributed by atoms with E-state index >= 15 is 0 Å². The van der Waals surface area contributed by atoms with E-state index in [1.54, 1.807) is 12.3 Å². The van der Waals surface area contributed by atoms with Gasteiger partial charge in [0.1, 0.15) is 18.1 Å². The first-order chi connectivity index (χ1) is 19.6. The maximum atomic E-state index is 13.4. The summed E-state index contributed by atoms with van der Waals surface area (Å²) >= 11 is 1.45. The van der Waals surface area contributed by atoms with Gasteiger partial charge in [-0.15, -0.1) is 0 Å². The lowest BCUT2D eigenvalue weighted by Crippen LogP contribution is -2.58. The number of carboxylic acids is 2. The van der Waals surface area contributed by atoms with Crippen molar-refractivity contribution in [2.45, 2.75) is 49.9 Å². The SMILES string of the molecule is CSCCC(NC(=O)C(N)Cc1cnc[nH]1)C(=O)NC(Cc1c[nH]c2ccccc12)C(=O)NC(CC(=O)O)C(=O)O. The third-order valence-electron chi connectivity index (χ3n) is 6.30. The fraction of sp³-hybridized carbons (Fsp3) is 0.385. The van der Waals surface area contributed by atoms with Crippen molar-refractivity contribution >= 4 is 52.3 Å². The van der Waals surface area contributed by atoms with Crippen LogP contribution in [-0.4, -0.2) is 91.0 Å². The van der Waals surface area contributed by atoms with Gasteiger partial charge < -0.3 is 41.9 Å². The van der Waals surface area contributed by atoms with E-state index in [-0.39, 0.29) is 19.3 Å². The predicted octanol–water partition coefficient (Wildman–Crippen LogP) is -0.230. The van der Waals surface area contributed by atoms with Crippen molar-refractivity contribution in [2.75, 3.05) is 12.0 Å². The zero-order chi connectivity index (χ0) is 29.9. The smallest absolute Gasteiger partial charge is 0.326 e. The van der Waals surface area contributed by atoms with E-state index < -0.39 is 60.2 Å². The second-order valence-corrected chi connectivity index (χ2v) is 10.3. The molecule has 0 aliphatic carbocycles. The van der Waals surface area contributed by atoms with E-state index in [1.807, 2.05) is 24.5 Å². The Labute approximate surface area is 239 Å². The molecule has 0 spiro atoms. The number of nitrogens with two attached hydrogens (primary N) is 1. The number of carbonyl (C=O) groups is 5. The van der Waals surface area contributed by atoms with Crippen LogP contribution < -0.4 is 21.7 Å². The maximum Gasteiger partial charge on any atom is 0.326 e. The Morgan fingerprint density at radius 3 is 2.29 bits per heavy atom. The number of rotatable bonds is 16. The van der Waals surface area contributed by atoms with Gasteiger partial charge in [-0.25, -0.2) is 9.78 Å². The van der Waals surface area contributed by atoms with Crippen molar-refractivity contribution in [3.05, 3.63) is 54.2 Å². The van der Waals surface area contributed by atoms with Crippen LogP contribution in [0.5, 0.6) is 0 Å². The lowest BCUT2D eigenvalue weighted by atomic mass is 10.0. The van der Waals surface area contributed by atoms with Crippen LogP contribution in [0.3, 0.4) is 0 Å². The number of amides is 3. The number of aliphatic carboxylic acids is 2. The van der Waals surface area contributed by atoms with Crippen LogP contribution in [0.1, 0.15) is 24.1 Å². The molecule has 0 radical (unpaired) electrons. The molecule has 1 aromatic carbocycles. The molecule has 0 aliphatic heterocycles. The molecule has 3 rings (SSSR count). The molecule has 14 nitrogen and oxygen atoms in total. The van der Waals surface area contributed by atoms with Gasteiger partial charge in [0, 0.05) is 41.8 Å². The monoisotopic (exact) mass is 587 g/mol. The Kier molecular flexibility index (Phi) is 11.3. The number of carbonyl (C=O) groups excluding carboxylic acids is 3. The van der Waals surface area contributed by atoms with Gasteiger partial charge in [0.05, 0.1) is 18.8 Å². The molecule has 2 aromatic heterocycles. The number of hydrogen-bond acceptors (Lipinski definition) is 8. The highest BCUT2D eigenvalue weighted by Crippen LogP contribution is 2.19. The Hall–Kier alpha value is -4.37. The van der Waals surface area contributed by atoms with Gasteiger partial charge in [-0.2, -0.15) is 11.8 Å². The van der Waals surface area contributed by atoms with Crippen molar-refractivity contribution < 1.29 is 34.2 Å². The number of fused-ring (bicyclic) bond motifs is 1. The summed E-state index contributed by atoms with van der Waals surface area (Å²) in [6.45, 7) is 0. The van der Waals surface area contributed by atoms with Gasteiger partial charge in [-0.1, -0.05) is 18.2 Å². The van der Waals surface area contributed by atoms with Crippen molar-refractivity contribution in [3.63, 3.8) is 0 Å². The van der Waals surface area contributed by atoms with Crippen LogP contribution >= 0.6 is 11.8 Å².